The van der Waals surface area contributed by atoms with E-state index in [2.05, 4.69) is 17.2 Å². The average Bonchev–Trinajstić information content (AvgIpc) is 2.80. The van der Waals surface area contributed by atoms with Crippen LogP contribution in [0.15, 0.2) is 11.2 Å². The first-order chi connectivity index (χ1) is 9.96. The summed E-state index contributed by atoms with van der Waals surface area (Å²) in [6.07, 6.45) is 5.59. The van der Waals surface area contributed by atoms with Crippen LogP contribution >= 0.6 is 0 Å². The number of nitrogens with one attached hydrogen (secondary N) is 1. The molecule has 1 N–H and O–H groups in total. The Labute approximate surface area is 127 Å². The highest BCUT2D eigenvalue weighted by Crippen LogP contribution is 2.24. The number of aromatic nitrogens is 2. The SMILES string of the molecule is CCCNCC1CCCCN1S(=O)(=O)c1cn(C)c(C)n1. The smallest absolute Gasteiger partial charge is 0.262 e. The summed E-state index contributed by atoms with van der Waals surface area (Å²) in [5.74, 6) is 0.714. The van der Waals surface area contributed by atoms with Crippen LogP contribution in [0.1, 0.15) is 38.4 Å². The molecule has 0 saturated carbocycles. The average molecular weight is 314 g/mol. The van der Waals surface area contributed by atoms with Gasteiger partial charge in [0.15, 0.2) is 5.03 Å². The normalized spacial score (nSPS) is 20.8. The largest absolute Gasteiger partial charge is 0.337 e. The minimum absolute atomic E-state index is 0.0395. The third kappa shape index (κ3) is 3.64. The second kappa shape index (κ2) is 6.89. The lowest BCUT2D eigenvalue weighted by atomic mass is 10.1. The van der Waals surface area contributed by atoms with Crippen LogP contribution in [-0.2, 0) is 17.1 Å². The second-order valence-corrected chi connectivity index (χ2v) is 7.54. The van der Waals surface area contributed by atoms with Gasteiger partial charge in [-0.15, -0.1) is 0 Å². The minimum Gasteiger partial charge on any atom is -0.337 e. The third-order valence-electron chi connectivity index (χ3n) is 4.04. The molecule has 21 heavy (non-hydrogen) atoms. The molecule has 1 aromatic heterocycles. The Bertz CT molecular complexity index is 548. The third-order valence-corrected chi connectivity index (χ3v) is 5.86. The number of nitrogens with zero attached hydrogens (tertiary/aromatic N) is 3. The molecular weight excluding hydrogens is 288 g/mol. The van der Waals surface area contributed by atoms with Gasteiger partial charge in [-0.05, 0) is 32.7 Å². The summed E-state index contributed by atoms with van der Waals surface area (Å²) >= 11 is 0. The molecule has 0 bridgehead atoms. The molecule has 1 aliphatic heterocycles. The van der Waals surface area contributed by atoms with Crippen molar-refractivity contribution in [3.8, 4) is 0 Å². The molecule has 6 nitrogen and oxygen atoms in total. The zero-order chi connectivity index (χ0) is 15.5. The van der Waals surface area contributed by atoms with E-state index in [1.807, 2.05) is 14.0 Å². The molecule has 1 aromatic rings. The lowest BCUT2D eigenvalue weighted by Crippen LogP contribution is -2.48. The standard InChI is InChI=1S/C14H26N4O2S/c1-4-8-15-10-13-7-5-6-9-18(13)21(19,20)14-11-17(3)12(2)16-14/h11,13,15H,4-10H2,1-3H3. The van der Waals surface area contributed by atoms with E-state index in [9.17, 15) is 8.42 Å². The number of piperidine rings is 1. The fourth-order valence-electron chi connectivity index (χ4n) is 2.71. The van der Waals surface area contributed by atoms with Crippen molar-refractivity contribution in [1.29, 1.82) is 0 Å². The number of hydrogen-bond donors (Lipinski definition) is 1. The molecule has 1 saturated heterocycles. The quantitative estimate of drug-likeness (QED) is 0.803. The summed E-state index contributed by atoms with van der Waals surface area (Å²) in [5.41, 5.74) is 0. The minimum atomic E-state index is -3.49. The van der Waals surface area contributed by atoms with E-state index >= 15 is 0 Å². The first kappa shape index (κ1) is 16.5. The zero-order valence-electron chi connectivity index (χ0n) is 13.2. The van der Waals surface area contributed by atoms with Crippen molar-refractivity contribution in [2.45, 2.75) is 50.6 Å². The molecule has 2 heterocycles. The zero-order valence-corrected chi connectivity index (χ0v) is 14.0. The first-order valence-electron chi connectivity index (χ1n) is 7.69. The van der Waals surface area contributed by atoms with Crippen molar-refractivity contribution in [2.24, 2.45) is 7.05 Å². The van der Waals surface area contributed by atoms with Gasteiger partial charge in [0.1, 0.15) is 5.82 Å². The summed E-state index contributed by atoms with van der Waals surface area (Å²) in [4.78, 5) is 4.20. The Morgan fingerprint density at radius 2 is 2.19 bits per heavy atom. The maximum atomic E-state index is 12.8. The molecule has 120 valence electrons. The second-order valence-electron chi connectivity index (χ2n) is 5.71. The van der Waals surface area contributed by atoms with E-state index in [0.29, 0.717) is 12.4 Å². The van der Waals surface area contributed by atoms with Crippen molar-refractivity contribution < 1.29 is 8.42 Å². The summed E-state index contributed by atoms with van der Waals surface area (Å²) in [5, 5.41) is 3.51. The topological polar surface area (TPSA) is 67.2 Å². The van der Waals surface area contributed by atoms with Crippen LogP contribution in [0.25, 0.3) is 0 Å². The highest BCUT2D eigenvalue weighted by molar-refractivity contribution is 7.89. The molecule has 0 spiro atoms. The number of hydrogen-bond acceptors (Lipinski definition) is 4. The van der Waals surface area contributed by atoms with Gasteiger partial charge in [-0.25, -0.2) is 13.4 Å². The molecule has 7 heteroatoms. The van der Waals surface area contributed by atoms with Gasteiger partial charge < -0.3 is 9.88 Å². The Balaban J connectivity index is 2.19. The van der Waals surface area contributed by atoms with Crippen molar-refractivity contribution in [2.75, 3.05) is 19.6 Å². The molecule has 2 rings (SSSR count). The fraction of sp³-hybridized carbons (Fsp3) is 0.786. The Hall–Kier alpha value is -0.920. The van der Waals surface area contributed by atoms with Crippen LogP contribution in [0, 0.1) is 6.92 Å². The molecule has 0 aliphatic carbocycles. The van der Waals surface area contributed by atoms with Gasteiger partial charge in [-0.2, -0.15) is 4.31 Å². The lowest BCUT2D eigenvalue weighted by Gasteiger charge is -2.34. The highest BCUT2D eigenvalue weighted by Gasteiger charge is 2.34. The van der Waals surface area contributed by atoms with E-state index in [1.165, 1.54) is 0 Å². The van der Waals surface area contributed by atoms with Crippen LogP contribution in [0.4, 0.5) is 0 Å². The number of imidazole rings is 1. The molecule has 0 radical (unpaired) electrons. The highest BCUT2D eigenvalue weighted by atomic mass is 32.2. The maximum absolute atomic E-state index is 12.8. The molecule has 1 atom stereocenters. The summed E-state index contributed by atoms with van der Waals surface area (Å²) in [6, 6.07) is 0.0395. The van der Waals surface area contributed by atoms with E-state index in [0.717, 1.165) is 38.8 Å². The van der Waals surface area contributed by atoms with E-state index in [-0.39, 0.29) is 11.1 Å². The van der Waals surface area contributed by atoms with Gasteiger partial charge in [-0.1, -0.05) is 13.3 Å². The van der Waals surface area contributed by atoms with Crippen molar-refractivity contribution in [3.63, 3.8) is 0 Å². The fourth-order valence-corrected chi connectivity index (χ4v) is 4.43. The van der Waals surface area contributed by atoms with Crippen molar-refractivity contribution >= 4 is 10.0 Å². The van der Waals surface area contributed by atoms with E-state index in [1.54, 1.807) is 15.1 Å². The van der Waals surface area contributed by atoms with Gasteiger partial charge in [0, 0.05) is 32.4 Å². The van der Waals surface area contributed by atoms with Crippen LogP contribution in [-0.4, -0.2) is 48.0 Å². The van der Waals surface area contributed by atoms with Gasteiger partial charge >= 0.3 is 0 Å². The molecule has 0 aromatic carbocycles. The molecule has 1 aliphatic rings. The predicted octanol–water partition coefficient (Wildman–Crippen LogP) is 1.27. The molecule has 1 unspecified atom stereocenters. The summed E-state index contributed by atoms with van der Waals surface area (Å²) < 4.78 is 29.0. The Morgan fingerprint density at radius 3 is 2.81 bits per heavy atom. The lowest BCUT2D eigenvalue weighted by molar-refractivity contribution is 0.245. The maximum Gasteiger partial charge on any atom is 0.262 e. The first-order valence-corrected chi connectivity index (χ1v) is 9.13. The molecule has 1 fully saturated rings. The predicted molar refractivity (Wildman–Crippen MR) is 82.6 cm³/mol. The monoisotopic (exact) mass is 314 g/mol. The summed E-state index contributed by atoms with van der Waals surface area (Å²) in [6.45, 7) is 6.16. The van der Waals surface area contributed by atoms with Crippen LogP contribution in [0.2, 0.25) is 0 Å². The molecular formula is C14H26N4O2S. The van der Waals surface area contributed by atoms with Gasteiger partial charge in [-0.3, -0.25) is 0 Å². The van der Waals surface area contributed by atoms with Gasteiger partial charge in [0.25, 0.3) is 10.0 Å². The van der Waals surface area contributed by atoms with Gasteiger partial charge in [0.05, 0.1) is 0 Å². The number of rotatable bonds is 6. The summed E-state index contributed by atoms with van der Waals surface area (Å²) in [7, 11) is -1.67. The Kier molecular flexibility index (Phi) is 5.40. The van der Waals surface area contributed by atoms with E-state index < -0.39 is 10.0 Å². The van der Waals surface area contributed by atoms with Crippen LogP contribution in [0.5, 0.6) is 0 Å². The van der Waals surface area contributed by atoms with Crippen molar-refractivity contribution in [1.82, 2.24) is 19.2 Å². The van der Waals surface area contributed by atoms with E-state index in [4.69, 9.17) is 0 Å². The number of aryl methyl sites for hydroxylation is 2. The van der Waals surface area contributed by atoms with Crippen LogP contribution < -0.4 is 5.32 Å². The van der Waals surface area contributed by atoms with Crippen molar-refractivity contribution in [3.05, 3.63) is 12.0 Å². The Morgan fingerprint density at radius 1 is 1.43 bits per heavy atom. The molecule has 0 amide bonds. The number of sulfonamides is 1. The van der Waals surface area contributed by atoms with Crippen LogP contribution in [0.3, 0.4) is 0 Å². The van der Waals surface area contributed by atoms with Gasteiger partial charge in [0.2, 0.25) is 0 Å².